The van der Waals surface area contributed by atoms with Gasteiger partial charge in [-0.15, -0.1) is 11.3 Å². The van der Waals surface area contributed by atoms with Crippen molar-refractivity contribution in [3.63, 3.8) is 0 Å². The molecule has 1 heterocycles. The monoisotopic (exact) mass is 296 g/mol. The first-order valence-electron chi connectivity index (χ1n) is 5.98. The molecule has 1 aromatic carbocycles. The molecule has 1 unspecified atom stereocenters. The van der Waals surface area contributed by atoms with Crippen molar-refractivity contribution in [2.45, 2.75) is 19.4 Å². The van der Waals surface area contributed by atoms with Crippen LogP contribution in [0.2, 0.25) is 5.02 Å². The molecule has 0 aliphatic carbocycles. The van der Waals surface area contributed by atoms with Gasteiger partial charge in [0.05, 0.1) is 18.2 Å². The first-order chi connectivity index (χ1) is 9.15. The smallest absolute Gasteiger partial charge is 0.119 e. The standard InChI is InChI=1S/C14H17ClN2OS/c1-9-8-19-14(13(9)15)12(17-16)7-10-4-3-5-11(6-10)18-2/h3-6,8,12,17H,7,16H2,1-2H3. The van der Waals surface area contributed by atoms with Crippen LogP contribution in [0.5, 0.6) is 5.75 Å². The number of aryl methyl sites for hydroxylation is 1. The second kappa shape index (κ2) is 6.39. The van der Waals surface area contributed by atoms with Crippen LogP contribution in [0.3, 0.4) is 0 Å². The lowest BCUT2D eigenvalue weighted by Crippen LogP contribution is -2.29. The van der Waals surface area contributed by atoms with E-state index in [9.17, 15) is 0 Å². The summed E-state index contributed by atoms with van der Waals surface area (Å²) in [6.45, 7) is 2.00. The van der Waals surface area contributed by atoms with Gasteiger partial charge in [-0.1, -0.05) is 23.7 Å². The molecule has 0 fully saturated rings. The zero-order valence-electron chi connectivity index (χ0n) is 10.9. The molecule has 3 nitrogen and oxygen atoms in total. The average molecular weight is 297 g/mol. The largest absolute Gasteiger partial charge is 0.497 e. The molecule has 2 rings (SSSR count). The fraction of sp³-hybridized carbons (Fsp3) is 0.286. The fourth-order valence-corrected chi connectivity index (χ4v) is 3.33. The summed E-state index contributed by atoms with van der Waals surface area (Å²) in [4.78, 5) is 1.07. The number of nitrogens with one attached hydrogen (secondary N) is 1. The van der Waals surface area contributed by atoms with Crippen LogP contribution in [0.1, 0.15) is 22.0 Å². The quantitative estimate of drug-likeness (QED) is 0.656. The highest BCUT2D eigenvalue weighted by atomic mass is 35.5. The molecular weight excluding hydrogens is 280 g/mol. The van der Waals surface area contributed by atoms with Gasteiger partial charge in [0, 0.05) is 4.88 Å². The van der Waals surface area contributed by atoms with Crippen molar-refractivity contribution in [2.75, 3.05) is 7.11 Å². The van der Waals surface area contributed by atoms with Gasteiger partial charge in [-0.25, -0.2) is 0 Å². The molecule has 5 heteroatoms. The first-order valence-corrected chi connectivity index (χ1v) is 7.24. The second-order valence-corrected chi connectivity index (χ2v) is 5.66. The number of benzene rings is 1. The molecule has 0 bridgehead atoms. The molecule has 0 saturated heterocycles. The zero-order chi connectivity index (χ0) is 13.8. The summed E-state index contributed by atoms with van der Waals surface area (Å²) in [7, 11) is 1.66. The van der Waals surface area contributed by atoms with Crippen LogP contribution in [0.25, 0.3) is 0 Å². The predicted molar refractivity (Wildman–Crippen MR) is 80.8 cm³/mol. The van der Waals surface area contributed by atoms with Gasteiger partial charge in [0.1, 0.15) is 5.75 Å². The average Bonchev–Trinajstić information content (AvgIpc) is 2.77. The minimum atomic E-state index is 0.0123. The Morgan fingerprint density at radius 1 is 1.47 bits per heavy atom. The Balaban J connectivity index is 2.21. The molecule has 0 aliphatic rings. The summed E-state index contributed by atoms with van der Waals surface area (Å²) < 4.78 is 5.23. The van der Waals surface area contributed by atoms with Gasteiger partial charge in [-0.05, 0) is 42.0 Å². The first kappa shape index (κ1) is 14.3. The molecule has 3 N–H and O–H groups in total. The van der Waals surface area contributed by atoms with E-state index in [2.05, 4.69) is 11.5 Å². The van der Waals surface area contributed by atoms with Gasteiger partial charge in [-0.3, -0.25) is 11.3 Å². The van der Waals surface area contributed by atoms with E-state index >= 15 is 0 Å². The Morgan fingerprint density at radius 3 is 2.84 bits per heavy atom. The number of ether oxygens (including phenoxy) is 1. The van der Waals surface area contributed by atoms with Crippen molar-refractivity contribution in [3.8, 4) is 5.75 Å². The van der Waals surface area contributed by atoms with Crippen LogP contribution in [-0.2, 0) is 6.42 Å². The maximum Gasteiger partial charge on any atom is 0.119 e. The molecule has 0 radical (unpaired) electrons. The fourth-order valence-electron chi connectivity index (χ4n) is 1.95. The topological polar surface area (TPSA) is 47.3 Å². The number of methoxy groups -OCH3 is 1. The molecule has 1 atom stereocenters. The third-order valence-electron chi connectivity index (χ3n) is 3.02. The molecule has 1 aromatic heterocycles. The van der Waals surface area contributed by atoms with E-state index in [0.717, 1.165) is 33.2 Å². The van der Waals surface area contributed by atoms with Crippen molar-refractivity contribution in [2.24, 2.45) is 5.84 Å². The van der Waals surface area contributed by atoms with E-state index < -0.39 is 0 Å². The lowest BCUT2D eigenvalue weighted by Gasteiger charge is -2.15. The lowest BCUT2D eigenvalue weighted by molar-refractivity contribution is 0.414. The molecule has 0 aliphatic heterocycles. The van der Waals surface area contributed by atoms with Crippen molar-refractivity contribution in [1.29, 1.82) is 0 Å². The molecule has 0 spiro atoms. The van der Waals surface area contributed by atoms with E-state index in [0.29, 0.717) is 0 Å². The Bertz CT molecular complexity index is 556. The van der Waals surface area contributed by atoms with E-state index in [-0.39, 0.29) is 6.04 Å². The number of rotatable bonds is 5. The number of thiophene rings is 1. The van der Waals surface area contributed by atoms with E-state index in [1.165, 1.54) is 0 Å². The molecule has 102 valence electrons. The summed E-state index contributed by atoms with van der Waals surface area (Å²) in [5, 5.41) is 2.85. The predicted octanol–water partition coefficient (Wildman–Crippen LogP) is 3.47. The minimum absolute atomic E-state index is 0.0123. The normalized spacial score (nSPS) is 12.4. The van der Waals surface area contributed by atoms with Crippen LogP contribution in [0.15, 0.2) is 29.6 Å². The lowest BCUT2D eigenvalue weighted by atomic mass is 10.0. The van der Waals surface area contributed by atoms with E-state index in [1.54, 1.807) is 18.4 Å². The summed E-state index contributed by atoms with van der Waals surface area (Å²) in [6, 6.07) is 7.98. The van der Waals surface area contributed by atoms with Gasteiger partial charge in [0.25, 0.3) is 0 Å². The molecule has 2 aromatic rings. The van der Waals surface area contributed by atoms with E-state index in [4.69, 9.17) is 22.2 Å². The van der Waals surface area contributed by atoms with Crippen molar-refractivity contribution in [1.82, 2.24) is 5.43 Å². The van der Waals surface area contributed by atoms with Gasteiger partial charge in [0.2, 0.25) is 0 Å². The number of hydrogen-bond donors (Lipinski definition) is 2. The highest BCUT2D eigenvalue weighted by Gasteiger charge is 2.17. The molecular formula is C14H17ClN2OS. The van der Waals surface area contributed by atoms with Crippen molar-refractivity contribution < 1.29 is 4.74 Å². The summed E-state index contributed by atoms with van der Waals surface area (Å²) in [5.41, 5.74) is 5.09. The van der Waals surface area contributed by atoms with Crippen LogP contribution < -0.4 is 16.0 Å². The van der Waals surface area contributed by atoms with E-state index in [1.807, 2.05) is 30.5 Å². The third-order valence-corrected chi connectivity index (χ3v) is 4.84. The Morgan fingerprint density at radius 2 is 2.26 bits per heavy atom. The van der Waals surface area contributed by atoms with Crippen LogP contribution >= 0.6 is 22.9 Å². The van der Waals surface area contributed by atoms with Gasteiger partial charge >= 0.3 is 0 Å². The number of hydrazine groups is 1. The number of nitrogens with two attached hydrogens (primary N) is 1. The second-order valence-electron chi connectivity index (χ2n) is 4.37. The number of halogens is 1. The van der Waals surface area contributed by atoms with Crippen LogP contribution in [0, 0.1) is 6.92 Å². The third kappa shape index (κ3) is 3.28. The van der Waals surface area contributed by atoms with Crippen LogP contribution in [-0.4, -0.2) is 7.11 Å². The van der Waals surface area contributed by atoms with Gasteiger partial charge < -0.3 is 4.74 Å². The Hall–Kier alpha value is -1.07. The summed E-state index contributed by atoms with van der Waals surface area (Å²) in [6.07, 6.45) is 0.771. The maximum atomic E-state index is 6.30. The summed E-state index contributed by atoms with van der Waals surface area (Å²) >= 11 is 7.93. The highest BCUT2D eigenvalue weighted by Crippen LogP contribution is 2.33. The van der Waals surface area contributed by atoms with Crippen molar-refractivity contribution >= 4 is 22.9 Å². The number of hydrogen-bond acceptors (Lipinski definition) is 4. The van der Waals surface area contributed by atoms with Gasteiger partial charge in [0.15, 0.2) is 0 Å². The SMILES string of the molecule is COc1cccc(CC(NN)c2scc(C)c2Cl)c1. The highest BCUT2D eigenvalue weighted by molar-refractivity contribution is 7.10. The zero-order valence-corrected chi connectivity index (χ0v) is 12.5. The maximum absolute atomic E-state index is 6.30. The minimum Gasteiger partial charge on any atom is -0.497 e. The van der Waals surface area contributed by atoms with Gasteiger partial charge in [-0.2, -0.15) is 0 Å². The Labute approximate surface area is 122 Å². The molecule has 0 saturated carbocycles. The summed E-state index contributed by atoms with van der Waals surface area (Å²) in [5.74, 6) is 6.52. The van der Waals surface area contributed by atoms with Crippen LogP contribution in [0.4, 0.5) is 0 Å². The molecule has 19 heavy (non-hydrogen) atoms. The van der Waals surface area contributed by atoms with Crippen molar-refractivity contribution in [3.05, 3.63) is 50.7 Å². The molecule has 0 amide bonds. The Kier molecular flexibility index (Phi) is 4.82.